The van der Waals surface area contributed by atoms with Crippen molar-refractivity contribution in [3.8, 4) is 6.07 Å². The molecule has 0 unspecified atom stereocenters. The summed E-state index contributed by atoms with van der Waals surface area (Å²) in [5.74, 6) is 0. The first-order valence-electron chi connectivity index (χ1n) is 2.77. The molecule has 0 amide bonds. The lowest BCUT2D eigenvalue weighted by Gasteiger charge is -1.78. The minimum atomic E-state index is 0.587. The minimum absolute atomic E-state index is 0.587. The lowest BCUT2D eigenvalue weighted by atomic mass is 10.4. The van der Waals surface area contributed by atoms with E-state index in [4.69, 9.17) is 5.26 Å². The molecule has 2 heteroatoms. The van der Waals surface area contributed by atoms with Crippen molar-refractivity contribution < 1.29 is 0 Å². The van der Waals surface area contributed by atoms with E-state index < -0.39 is 0 Å². The molecular weight excluding hydrogens is 100 g/mol. The summed E-state index contributed by atoms with van der Waals surface area (Å²) in [6.45, 7) is 2.80. The molecule has 44 valence electrons. The highest BCUT2D eigenvalue weighted by molar-refractivity contribution is 5.57. The molecule has 0 saturated heterocycles. The van der Waals surface area contributed by atoms with Gasteiger partial charge in [0, 0.05) is 13.0 Å². The Bertz CT molecular complexity index is 99.6. The van der Waals surface area contributed by atoms with Crippen LogP contribution in [-0.2, 0) is 0 Å². The molecule has 0 fully saturated rings. The Morgan fingerprint density at radius 3 is 3.00 bits per heavy atom. The molecule has 0 bridgehead atoms. The number of hydrogen-bond donors (Lipinski definition) is 0. The van der Waals surface area contributed by atoms with Gasteiger partial charge in [-0.3, -0.25) is 4.99 Å². The van der Waals surface area contributed by atoms with Crippen LogP contribution in [0, 0.1) is 11.3 Å². The molecule has 0 aromatic rings. The summed E-state index contributed by atoms with van der Waals surface area (Å²) in [6, 6.07) is 2.04. The smallest absolute Gasteiger partial charge is 0.0625 e. The van der Waals surface area contributed by atoms with Gasteiger partial charge in [0.25, 0.3) is 0 Å². The average molecular weight is 110 g/mol. The molecule has 0 atom stereocenters. The van der Waals surface area contributed by atoms with E-state index in [1.807, 2.05) is 13.0 Å². The predicted octanol–water partition coefficient (Wildman–Crippen LogP) is 1.38. The van der Waals surface area contributed by atoms with Crippen molar-refractivity contribution in [3.63, 3.8) is 0 Å². The molecule has 0 rings (SSSR count). The van der Waals surface area contributed by atoms with Gasteiger partial charge in [0.15, 0.2) is 0 Å². The molecule has 0 aliphatic carbocycles. The fraction of sp³-hybridized carbons (Fsp3) is 0.667. The molecule has 0 spiro atoms. The molecular formula is C6H10N2. The fourth-order valence-electron chi connectivity index (χ4n) is 0.349. The van der Waals surface area contributed by atoms with E-state index in [0.29, 0.717) is 6.42 Å². The first kappa shape index (κ1) is 7.16. The number of aliphatic imine (C=N–C) groups is 1. The van der Waals surface area contributed by atoms with Gasteiger partial charge < -0.3 is 0 Å². The number of rotatable bonds is 3. The maximum atomic E-state index is 8.05. The average Bonchev–Trinajstić information content (AvgIpc) is 1.81. The maximum absolute atomic E-state index is 8.05. The molecule has 0 aliphatic rings. The number of nitriles is 1. The second kappa shape index (κ2) is 6.16. The molecule has 0 radical (unpaired) electrons. The van der Waals surface area contributed by atoms with Crippen LogP contribution in [0.2, 0.25) is 0 Å². The van der Waals surface area contributed by atoms with Crippen molar-refractivity contribution in [2.75, 3.05) is 6.54 Å². The Hall–Kier alpha value is -0.840. The third-order valence-electron chi connectivity index (χ3n) is 0.697. The van der Waals surface area contributed by atoms with E-state index in [1.165, 1.54) is 0 Å². The van der Waals surface area contributed by atoms with Crippen LogP contribution in [0.4, 0.5) is 0 Å². The Kier molecular flexibility index (Phi) is 5.51. The first-order valence-corrected chi connectivity index (χ1v) is 2.77. The van der Waals surface area contributed by atoms with Crippen LogP contribution >= 0.6 is 0 Å². The Labute approximate surface area is 49.9 Å². The van der Waals surface area contributed by atoms with Crippen LogP contribution in [0.5, 0.6) is 0 Å². The normalized spacial score (nSPS) is 9.50. The van der Waals surface area contributed by atoms with Gasteiger partial charge in [-0.25, -0.2) is 0 Å². The molecule has 0 aliphatic heterocycles. The Morgan fingerprint density at radius 1 is 1.75 bits per heavy atom. The van der Waals surface area contributed by atoms with E-state index in [9.17, 15) is 0 Å². The maximum Gasteiger partial charge on any atom is 0.0625 e. The van der Waals surface area contributed by atoms with Crippen molar-refractivity contribution in [1.29, 1.82) is 5.26 Å². The fourth-order valence-corrected chi connectivity index (χ4v) is 0.349. The van der Waals surface area contributed by atoms with Crippen molar-refractivity contribution >= 4 is 6.21 Å². The van der Waals surface area contributed by atoms with E-state index >= 15 is 0 Å². The standard InChI is InChI=1S/C6H10N2/c1-2-8-6-4-3-5-7/h6H,2-4H2,1H3/b8-6-. The molecule has 0 aromatic heterocycles. The van der Waals surface area contributed by atoms with Crippen LogP contribution < -0.4 is 0 Å². The van der Waals surface area contributed by atoms with Crippen molar-refractivity contribution in [1.82, 2.24) is 0 Å². The van der Waals surface area contributed by atoms with Crippen molar-refractivity contribution in [2.24, 2.45) is 4.99 Å². The van der Waals surface area contributed by atoms with E-state index in [1.54, 1.807) is 6.21 Å². The summed E-state index contributed by atoms with van der Waals surface area (Å²) in [7, 11) is 0. The van der Waals surface area contributed by atoms with Crippen molar-refractivity contribution in [2.45, 2.75) is 19.8 Å². The highest BCUT2D eigenvalue weighted by atomic mass is 14.7. The lowest BCUT2D eigenvalue weighted by molar-refractivity contribution is 1.08. The van der Waals surface area contributed by atoms with Gasteiger partial charge in [-0.2, -0.15) is 5.26 Å². The summed E-state index contributed by atoms with van der Waals surface area (Å²) in [5, 5.41) is 8.05. The highest BCUT2D eigenvalue weighted by Crippen LogP contribution is 1.79. The van der Waals surface area contributed by atoms with Crippen LogP contribution in [0.1, 0.15) is 19.8 Å². The SMILES string of the molecule is CC/N=C\CCC#N. The van der Waals surface area contributed by atoms with Crippen LogP contribution in [-0.4, -0.2) is 12.8 Å². The van der Waals surface area contributed by atoms with Gasteiger partial charge in [0.2, 0.25) is 0 Å². The summed E-state index contributed by atoms with van der Waals surface area (Å²) in [4.78, 5) is 3.93. The van der Waals surface area contributed by atoms with Gasteiger partial charge in [-0.05, 0) is 19.6 Å². The Balaban J connectivity index is 2.94. The van der Waals surface area contributed by atoms with E-state index in [-0.39, 0.29) is 0 Å². The minimum Gasteiger partial charge on any atom is -0.298 e. The van der Waals surface area contributed by atoms with Gasteiger partial charge in [0.05, 0.1) is 6.07 Å². The molecule has 0 aromatic carbocycles. The molecule has 0 heterocycles. The Morgan fingerprint density at radius 2 is 2.50 bits per heavy atom. The van der Waals surface area contributed by atoms with Gasteiger partial charge in [0.1, 0.15) is 0 Å². The predicted molar refractivity (Wildman–Crippen MR) is 33.9 cm³/mol. The van der Waals surface area contributed by atoms with Gasteiger partial charge in [-0.1, -0.05) is 0 Å². The van der Waals surface area contributed by atoms with E-state index in [2.05, 4.69) is 4.99 Å². The zero-order valence-corrected chi connectivity index (χ0v) is 5.09. The van der Waals surface area contributed by atoms with Gasteiger partial charge >= 0.3 is 0 Å². The molecule has 0 saturated carbocycles. The zero-order valence-electron chi connectivity index (χ0n) is 5.09. The van der Waals surface area contributed by atoms with Crippen LogP contribution in [0.3, 0.4) is 0 Å². The van der Waals surface area contributed by atoms with Crippen LogP contribution in [0.15, 0.2) is 4.99 Å². The second-order valence-electron chi connectivity index (χ2n) is 1.38. The number of unbranched alkanes of at least 4 members (excludes halogenated alkanes) is 1. The van der Waals surface area contributed by atoms with Crippen LogP contribution in [0.25, 0.3) is 0 Å². The summed E-state index contributed by atoms with van der Waals surface area (Å²) < 4.78 is 0. The highest BCUT2D eigenvalue weighted by Gasteiger charge is 1.74. The third kappa shape index (κ3) is 5.16. The topological polar surface area (TPSA) is 36.1 Å². The third-order valence-corrected chi connectivity index (χ3v) is 0.697. The lowest BCUT2D eigenvalue weighted by Crippen LogP contribution is -1.74. The molecule has 0 N–H and O–H groups in total. The zero-order chi connectivity index (χ0) is 6.24. The number of hydrogen-bond acceptors (Lipinski definition) is 2. The van der Waals surface area contributed by atoms with E-state index in [0.717, 1.165) is 13.0 Å². The molecule has 2 nitrogen and oxygen atoms in total. The largest absolute Gasteiger partial charge is 0.298 e. The quantitative estimate of drug-likeness (QED) is 0.399. The first-order chi connectivity index (χ1) is 3.91. The summed E-state index contributed by atoms with van der Waals surface area (Å²) >= 11 is 0. The molecule has 8 heavy (non-hydrogen) atoms. The summed E-state index contributed by atoms with van der Waals surface area (Å²) in [5.41, 5.74) is 0. The monoisotopic (exact) mass is 110 g/mol. The number of nitrogens with zero attached hydrogens (tertiary/aromatic N) is 2. The second-order valence-corrected chi connectivity index (χ2v) is 1.38. The van der Waals surface area contributed by atoms with Gasteiger partial charge in [-0.15, -0.1) is 0 Å². The summed E-state index contributed by atoms with van der Waals surface area (Å²) in [6.07, 6.45) is 3.18. The van der Waals surface area contributed by atoms with Crippen molar-refractivity contribution in [3.05, 3.63) is 0 Å².